The Labute approximate surface area is 83.1 Å². The van der Waals surface area contributed by atoms with E-state index in [1.165, 1.54) is 0 Å². The Hall–Kier alpha value is -1.51. The Morgan fingerprint density at radius 3 is 3.00 bits per heavy atom. The van der Waals surface area contributed by atoms with Crippen molar-refractivity contribution in [1.82, 2.24) is 0 Å². The summed E-state index contributed by atoms with van der Waals surface area (Å²) >= 11 is 0. The Balaban J connectivity index is 2.83. The molecule has 0 fully saturated rings. The lowest BCUT2D eigenvalue weighted by Crippen LogP contribution is -1.96. The molecule has 1 aromatic rings. The number of methoxy groups -OCH3 is 1. The van der Waals surface area contributed by atoms with Gasteiger partial charge in [-0.15, -0.1) is 0 Å². The van der Waals surface area contributed by atoms with E-state index in [-0.39, 0.29) is 6.10 Å². The van der Waals surface area contributed by atoms with Gasteiger partial charge in [-0.2, -0.15) is 0 Å². The van der Waals surface area contributed by atoms with Crippen molar-refractivity contribution < 1.29 is 4.74 Å². The minimum absolute atomic E-state index is 0.0704. The number of hydrogen-bond acceptors (Lipinski definition) is 2. The molecule has 14 heavy (non-hydrogen) atoms. The first-order valence-corrected chi connectivity index (χ1v) is 4.40. The van der Waals surface area contributed by atoms with Gasteiger partial charge in [0.05, 0.1) is 12.6 Å². The van der Waals surface area contributed by atoms with E-state index in [1.807, 2.05) is 31.2 Å². The van der Waals surface area contributed by atoms with Crippen LogP contribution in [0.4, 0.5) is 0 Å². The molecule has 1 rings (SSSR count). The van der Waals surface area contributed by atoms with Crippen molar-refractivity contribution in [2.45, 2.75) is 19.6 Å². The normalized spacial score (nSPS) is 11.9. The zero-order valence-corrected chi connectivity index (χ0v) is 8.34. The smallest absolute Gasteiger partial charge is 0.0793 e. The highest BCUT2D eigenvalue weighted by Gasteiger charge is 2.03. The van der Waals surface area contributed by atoms with Crippen molar-refractivity contribution in [3.05, 3.63) is 45.8 Å². The third-order valence-electron chi connectivity index (χ3n) is 2.09. The number of nitrogens with zero attached hydrogens (tertiary/aromatic N) is 3. The average molecular weight is 191 g/mol. The summed E-state index contributed by atoms with van der Waals surface area (Å²) < 4.78 is 5.19. The molecule has 0 bridgehead atoms. The lowest BCUT2D eigenvalue weighted by molar-refractivity contribution is 0.119. The highest BCUT2D eigenvalue weighted by molar-refractivity contribution is 5.24. The van der Waals surface area contributed by atoms with E-state index in [0.717, 1.165) is 11.1 Å². The topological polar surface area (TPSA) is 58.0 Å². The molecule has 0 saturated carbocycles. The lowest BCUT2D eigenvalue weighted by Gasteiger charge is -2.10. The first-order valence-electron chi connectivity index (χ1n) is 4.40. The Kier molecular flexibility index (Phi) is 3.98. The molecule has 0 heterocycles. The van der Waals surface area contributed by atoms with Crippen LogP contribution in [0.3, 0.4) is 0 Å². The van der Waals surface area contributed by atoms with Crippen LogP contribution in [-0.2, 0) is 11.3 Å². The second-order valence-corrected chi connectivity index (χ2v) is 3.01. The van der Waals surface area contributed by atoms with E-state index in [4.69, 9.17) is 10.3 Å². The molecule has 74 valence electrons. The molecule has 4 nitrogen and oxygen atoms in total. The van der Waals surface area contributed by atoms with Crippen LogP contribution in [-0.4, -0.2) is 7.11 Å². The third kappa shape index (κ3) is 2.76. The maximum absolute atomic E-state index is 8.19. The summed E-state index contributed by atoms with van der Waals surface area (Å²) in [6.07, 6.45) is 0.0704. The van der Waals surface area contributed by atoms with Crippen molar-refractivity contribution in [3.63, 3.8) is 0 Å². The van der Waals surface area contributed by atoms with Gasteiger partial charge in [-0.3, -0.25) is 0 Å². The summed E-state index contributed by atoms with van der Waals surface area (Å²) in [4.78, 5) is 2.72. The number of azide groups is 1. The minimum atomic E-state index is 0.0704. The van der Waals surface area contributed by atoms with Crippen LogP contribution in [0.25, 0.3) is 10.4 Å². The highest BCUT2D eigenvalue weighted by atomic mass is 16.5. The zero-order chi connectivity index (χ0) is 10.4. The predicted octanol–water partition coefficient (Wildman–Crippen LogP) is 3.20. The molecule has 0 aliphatic heterocycles. The molecule has 1 unspecified atom stereocenters. The highest BCUT2D eigenvalue weighted by Crippen LogP contribution is 2.17. The Morgan fingerprint density at radius 1 is 1.57 bits per heavy atom. The molecule has 0 N–H and O–H groups in total. The van der Waals surface area contributed by atoms with E-state index in [9.17, 15) is 0 Å². The van der Waals surface area contributed by atoms with Gasteiger partial charge in [-0.25, -0.2) is 0 Å². The average Bonchev–Trinajstić information content (AvgIpc) is 2.25. The van der Waals surface area contributed by atoms with E-state index < -0.39 is 0 Å². The maximum atomic E-state index is 8.19. The molecule has 0 amide bonds. The van der Waals surface area contributed by atoms with Gasteiger partial charge in [0.2, 0.25) is 0 Å². The molecule has 0 aromatic heterocycles. The molecule has 0 radical (unpaired) electrons. The number of benzene rings is 1. The summed E-state index contributed by atoms with van der Waals surface area (Å²) in [6, 6.07) is 7.85. The van der Waals surface area contributed by atoms with E-state index in [0.29, 0.717) is 6.54 Å². The molecule has 0 saturated heterocycles. The molecule has 4 heteroatoms. The zero-order valence-electron chi connectivity index (χ0n) is 8.34. The van der Waals surface area contributed by atoms with Gasteiger partial charge in [0.25, 0.3) is 0 Å². The van der Waals surface area contributed by atoms with Crippen molar-refractivity contribution in [2.24, 2.45) is 5.11 Å². The van der Waals surface area contributed by atoms with Gasteiger partial charge in [-0.05, 0) is 23.6 Å². The Morgan fingerprint density at radius 2 is 2.36 bits per heavy atom. The fourth-order valence-corrected chi connectivity index (χ4v) is 1.19. The van der Waals surface area contributed by atoms with Crippen LogP contribution in [0.2, 0.25) is 0 Å². The van der Waals surface area contributed by atoms with Gasteiger partial charge >= 0.3 is 0 Å². The molecule has 1 aromatic carbocycles. The third-order valence-corrected chi connectivity index (χ3v) is 2.09. The van der Waals surface area contributed by atoms with Crippen molar-refractivity contribution in [1.29, 1.82) is 0 Å². The maximum Gasteiger partial charge on any atom is 0.0793 e. The van der Waals surface area contributed by atoms with Crippen LogP contribution < -0.4 is 0 Å². The van der Waals surface area contributed by atoms with E-state index in [1.54, 1.807) is 7.11 Å². The van der Waals surface area contributed by atoms with Gasteiger partial charge in [-0.1, -0.05) is 29.4 Å². The number of hydrogen-bond donors (Lipinski definition) is 0. The van der Waals surface area contributed by atoms with Gasteiger partial charge in [0.15, 0.2) is 0 Å². The lowest BCUT2D eigenvalue weighted by atomic mass is 10.1. The fraction of sp³-hybridized carbons (Fsp3) is 0.400. The largest absolute Gasteiger partial charge is 0.377 e. The molecular formula is C10H13N3O. The Bertz CT molecular complexity index is 345. The van der Waals surface area contributed by atoms with Crippen LogP contribution in [0.1, 0.15) is 24.2 Å². The SMILES string of the molecule is COC(C)c1cccc(CN=[N+]=[N-])c1. The monoisotopic (exact) mass is 191 g/mol. The van der Waals surface area contributed by atoms with Crippen LogP contribution in [0.5, 0.6) is 0 Å². The second kappa shape index (κ2) is 5.27. The number of ether oxygens (including phenoxy) is 1. The van der Waals surface area contributed by atoms with Crippen LogP contribution in [0, 0.1) is 0 Å². The van der Waals surface area contributed by atoms with Crippen molar-refractivity contribution in [2.75, 3.05) is 7.11 Å². The molecule has 0 aliphatic rings. The van der Waals surface area contributed by atoms with Crippen molar-refractivity contribution >= 4 is 0 Å². The van der Waals surface area contributed by atoms with Gasteiger partial charge < -0.3 is 4.74 Å². The van der Waals surface area contributed by atoms with Crippen LogP contribution >= 0.6 is 0 Å². The summed E-state index contributed by atoms with van der Waals surface area (Å²) in [7, 11) is 1.67. The summed E-state index contributed by atoms with van der Waals surface area (Å²) in [5.41, 5.74) is 10.3. The molecule has 0 spiro atoms. The molecular weight excluding hydrogens is 178 g/mol. The number of rotatable bonds is 4. The minimum Gasteiger partial charge on any atom is -0.377 e. The standard InChI is InChI=1S/C10H13N3O/c1-8(14-2)10-5-3-4-9(6-10)7-12-13-11/h3-6,8H,7H2,1-2H3. The molecule has 1 atom stereocenters. The summed E-state index contributed by atoms with van der Waals surface area (Å²) in [5.74, 6) is 0. The second-order valence-electron chi connectivity index (χ2n) is 3.01. The quantitative estimate of drug-likeness (QED) is 0.409. The molecule has 0 aliphatic carbocycles. The predicted molar refractivity (Wildman–Crippen MR) is 54.7 cm³/mol. The van der Waals surface area contributed by atoms with Crippen molar-refractivity contribution in [3.8, 4) is 0 Å². The first-order chi connectivity index (χ1) is 6.77. The first kappa shape index (κ1) is 10.6. The van der Waals surface area contributed by atoms with E-state index >= 15 is 0 Å². The summed E-state index contributed by atoms with van der Waals surface area (Å²) in [6.45, 7) is 2.37. The van der Waals surface area contributed by atoms with Crippen LogP contribution in [0.15, 0.2) is 29.4 Å². The van der Waals surface area contributed by atoms with Gasteiger partial charge in [0.1, 0.15) is 0 Å². The fourth-order valence-electron chi connectivity index (χ4n) is 1.19. The summed E-state index contributed by atoms with van der Waals surface area (Å²) in [5, 5.41) is 3.51. The van der Waals surface area contributed by atoms with Gasteiger partial charge in [0, 0.05) is 12.0 Å². The van der Waals surface area contributed by atoms with E-state index in [2.05, 4.69) is 10.0 Å².